The summed E-state index contributed by atoms with van der Waals surface area (Å²) in [7, 11) is 0. The summed E-state index contributed by atoms with van der Waals surface area (Å²) in [6.07, 6.45) is 1.59. The van der Waals surface area contributed by atoms with Crippen molar-refractivity contribution in [2.45, 2.75) is 30.9 Å². The van der Waals surface area contributed by atoms with Crippen molar-refractivity contribution < 1.29 is 24.0 Å². The predicted molar refractivity (Wildman–Crippen MR) is 176 cm³/mol. The summed E-state index contributed by atoms with van der Waals surface area (Å²) < 4.78 is 5.49. The molecule has 4 aromatic rings. The summed E-state index contributed by atoms with van der Waals surface area (Å²) in [6.45, 7) is 5.87. The van der Waals surface area contributed by atoms with E-state index in [4.69, 9.17) is 4.74 Å². The highest BCUT2D eigenvalue weighted by atomic mass is 32.2. The van der Waals surface area contributed by atoms with Crippen LogP contribution in [0.25, 0.3) is 6.08 Å². The Morgan fingerprint density at radius 3 is 2.24 bits per heavy atom. The predicted octanol–water partition coefficient (Wildman–Crippen LogP) is 6.83. The number of carbonyl (C=O) groups excluding carboxylic acids is 3. The van der Waals surface area contributed by atoms with Gasteiger partial charge in [0.1, 0.15) is 11.4 Å². The van der Waals surface area contributed by atoms with Crippen LogP contribution in [0.2, 0.25) is 0 Å². The average Bonchev–Trinajstić information content (AvgIpc) is 3.03. The second-order valence-corrected chi connectivity index (χ2v) is 11.3. The molecular weight excluding hydrogens is 592 g/mol. The second-order valence-electron chi connectivity index (χ2n) is 9.86. The summed E-state index contributed by atoms with van der Waals surface area (Å²) in [5.74, 6) is -0.501. The SMILES string of the molecule is CCOc1ccc(/C=C(\NC(=O)c2ccccc2)C(=O)Nc2ccc(SC(C)C(=O)Nc3ccc([N+](=O)[O-])cc3C)cc2)cc1. The van der Waals surface area contributed by atoms with E-state index in [2.05, 4.69) is 16.0 Å². The number of hydrogen-bond donors (Lipinski definition) is 3. The minimum atomic E-state index is -0.514. The number of benzene rings is 4. The Hall–Kier alpha value is -5.42. The van der Waals surface area contributed by atoms with Gasteiger partial charge in [-0.1, -0.05) is 30.3 Å². The van der Waals surface area contributed by atoms with Crippen LogP contribution < -0.4 is 20.7 Å². The summed E-state index contributed by atoms with van der Waals surface area (Å²) in [5.41, 5.74) is 2.70. The number of amides is 3. The number of aryl methyl sites for hydroxylation is 1. The number of nitro groups is 1. The van der Waals surface area contributed by atoms with Crippen molar-refractivity contribution in [1.29, 1.82) is 0 Å². The molecule has 0 radical (unpaired) electrons. The molecule has 3 N–H and O–H groups in total. The lowest BCUT2D eigenvalue weighted by molar-refractivity contribution is -0.384. The molecule has 230 valence electrons. The van der Waals surface area contributed by atoms with E-state index in [0.717, 1.165) is 4.90 Å². The topological polar surface area (TPSA) is 140 Å². The number of rotatable bonds is 12. The van der Waals surface area contributed by atoms with Crippen LogP contribution in [0.5, 0.6) is 5.75 Å². The molecule has 0 spiro atoms. The lowest BCUT2D eigenvalue weighted by Crippen LogP contribution is -2.30. The Kier molecular flexibility index (Phi) is 11.1. The molecule has 10 nitrogen and oxygen atoms in total. The highest BCUT2D eigenvalue weighted by Crippen LogP contribution is 2.27. The van der Waals surface area contributed by atoms with Crippen molar-refractivity contribution in [2.24, 2.45) is 0 Å². The zero-order valence-electron chi connectivity index (χ0n) is 24.9. The number of carbonyl (C=O) groups is 3. The fourth-order valence-corrected chi connectivity index (χ4v) is 5.01. The third kappa shape index (κ3) is 9.28. The largest absolute Gasteiger partial charge is 0.494 e. The van der Waals surface area contributed by atoms with Crippen LogP contribution in [-0.2, 0) is 9.59 Å². The monoisotopic (exact) mass is 624 g/mol. The van der Waals surface area contributed by atoms with E-state index in [1.807, 2.05) is 6.92 Å². The molecule has 1 unspecified atom stereocenters. The summed E-state index contributed by atoms with van der Waals surface area (Å²) in [5, 5.41) is 18.9. The second kappa shape index (κ2) is 15.3. The van der Waals surface area contributed by atoms with Gasteiger partial charge in [0.15, 0.2) is 0 Å². The number of hydrogen-bond acceptors (Lipinski definition) is 7. The lowest BCUT2D eigenvalue weighted by Gasteiger charge is -2.14. The molecule has 0 heterocycles. The van der Waals surface area contributed by atoms with E-state index < -0.39 is 22.0 Å². The highest BCUT2D eigenvalue weighted by molar-refractivity contribution is 8.00. The van der Waals surface area contributed by atoms with Gasteiger partial charge in [0.25, 0.3) is 17.5 Å². The third-order valence-corrected chi connectivity index (χ3v) is 7.62. The van der Waals surface area contributed by atoms with Gasteiger partial charge in [-0.3, -0.25) is 24.5 Å². The number of non-ortho nitro benzene ring substituents is 1. The molecule has 0 aliphatic rings. The van der Waals surface area contributed by atoms with Gasteiger partial charge in [0.05, 0.1) is 16.8 Å². The molecule has 0 saturated carbocycles. The molecule has 11 heteroatoms. The van der Waals surface area contributed by atoms with Crippen molar-refractivity contribution in [3.05, 3.63) is 130 Å². The van der Waals surface area contributed by atoms with Crippen LogP contribution in [0.3, 0.4) is 0 Å². The normalized spacial score (nSPS) is 11.7. The van der Waals surface area contributed by atoms with Crippen molar-refractivity contribution in [3.63, 3.8) is 0 Å². The van der Waals surface area contributed by atoms with Crippen LogP contribution in [-0.4, -0.2) is 34.5 Å². The molecule has 4 aromatic carbocycles. The minimum Gasteiger partial charge on any atom is -0.494 e. The van der Waals surface area contributed by atoms with Crippen LogP contribution in [0, 0.1) is 17.0 Å². The number of nitrogens with zero attached hydrogens (tertiary/aromatic N) is 1. The number of thioether (sulfide) groups is 1. The zero-order valence-corrected chi connectivity index (χ0v) is 25.7. The third-order valence-electron chi connectivity index (χ3n) is 6.50. The molecule has 1 atom stereocenters. The maximum atomic E-state index is 13.4. The van der Waals surface area contributed by atoms with E-state index in [1.54, 1.807) is 98.8 Å². The Balaban J connectivity index is 1.42. The minimum absolute atomic E-state index is 0.0440. The Bertz CT molecular complexity index is 1710. The molecule has 4 rings (SSSR count). The van der Waals surface area contributed by atoms with Crippen LogP contribution in [0.15, 0.2) is 108 Å². The maximum absolute atomic E-state index is 13.4. The molecule has 45 heavy (non-hydrogen) atoms. The van der Waals surface area contributed by atoms with Crippen molar-refractivity contribution in [2.75, 3.05) is 17.2 Å². The van der Waals surface area contributed by atoms with Gasteiger partial charge in [-0.15, -0.1) is 11.8 Å². The first kappa shape index (κ1) is 32.5. The van der Waals surface area contributed by atoms with Gasteiger partial charge in [0.2, 0.25) is 5.91 Å². The standard InChI is InChI=1S/C34H32N4O6S/c1-4-44-28-15-10-24(11-16-28)21-31(37-33(40)25-8-6-5-7-9-25)34(41)35-26-12-17-29(18-13-26)45-23(3)32(39)36-30-19-14-27(38(42)43)20-22(30)2/h5-21,23H,4H2,1-3H3,(H,35,41)(H,36,39)(H,37,40)/b31-21-. The first-order chi connectivity index (χ1) is 21.6. The van der Waals surface area contributed by atoms with Gasteiger partial charge in [-0.25, -0.2) is 0 Å². The van der Waals surface area contributed by atoms with E-state index in [9.17, 15) is 24.5 Å². The van der Waals surface area contributed by atoms with Crippen molar-refractivity contribution >= 4 is 52.6 Å². The quantitative estimate of drug-likeness (QED) is 0.0679. The average molecular weight is 625 g/mol. The van der Waals surface area contributed by atoms with Crippen molar-refractivity contribution in [1.82, 2.24) is 5.32 Å². The van der Waals surface area contributed by atoms with Gasteiger partial charge >= 0.3 is 0 Å². The first-order valence-electron chi connectivity index (χ1n) is 14.1. The molecule has 0 aliphatic heterocycles. The Labute approximate surface area is 265 Å². The van der Waals surface area contributed by atoms with Gasteiger partial charge in [-0.05, 0) is 92.6 Å². The van der Waals surface area contributed by atoms with Gasteiger partial charge in [-0.2, -0.15) is 0 Å². The van der Waals surface area contributed by atoms with Crippen LogP contribution >= 0.6 is 11.8 Å². The van der Waals surface area contributed by atoms with Crippen molar-refractivity contribution in [3.8, 4) is 5.75 Å². The lowest BCUT2D eigenvalue weighted by atomic mass is 10.1. The fraction of sp³-hybridized carbons (Fsp3) is 0.147. The molecule has 0 saturated heterocycles. The Morgan fingerprint density at radius 2 is 1.62 bits per heavy atom. The summed E-state index contributed by atoms with van der Waals surface area (Å²) in [6, 6.07) is 27.0. The molecular formula is C34H32N4O6S. The van der Waals surface area contributed by atoms with E-state index >= 15 is 0 Å². The highest BCUT2D eigenvalue weighted by Gasteiger charge is 2.18. The fourth-order valence-electron chi connectivity index (χ4n) is 4.14. The van der Waals surface area contributed by atoms with Gasteiger partial charge < -0.3 is 20.7 Å². The molecule has 0 bridgehead atoms. The molecule has 0 aliphatic carbocycles. The van der Waals surface area contributed by atoms with Crippen LogP contribution in [0.4, 0.5) is 17.1 Å². The number of ether oxygens (including phenoxy) is 1. The molecule has 0 fully saturated rings. The number of nitro benzene ring substituents is 1. The van der Waals surface area contributed by atoms with Crippen LogP contribution in [0.1, 0.15) is 35.3 Å². The van der Waals surface area contributed by atoms with E-state index in [0.29, 0.717) is 40.4 Å². The van der Waals surface area contributed by atoms with E-state index in [-0.39, 0.29) is 17.3 Å². The summed E-state index contributed by atoms with van der Waals surface area (Å²) >= 11 is 1.32. The molecule has 3 amide bonds. The first-order valence-corrected chi connectivity index (χ1v) is 15.0. The summed E-state index contributed by atoms with van der Waals surface area (Å²) in [4.78, 5) is 50.3. The smallest absolute Gasteiger partial charge is 0.272 e. The number of nitrogens with one attached hydrogen (secondary N) is 3. The zero-order chi connectivity index (χ0) is 32.3. The maximum Gasteiger partial charge on any atom is 0.272 e. The Morgan fingerprint density at radius 1 is 0.933 bits per heavy atom. The van der Waals surface area contributed by atoms with E-state index in [1.165, 1.54) is 30.0 Å². The van der Waals surface area contributed by atoms with Gasteiger partial charge in [0, 0.05) is 34.0 Å². The molecule has 0 aromatic heterocycles. The number of anilines is 2.